The van der Waals surface area contributed by atoms with Crippen LogP contribution in [0.5, 0.6) is 0 Å². The molecule has 0 amide bonds. The van der Waals surface area contributed by atoms with Gasteiger partial charge in [0.05, 0.1) is 0 Å². The van der Waals surface area contributed by atoms with Crippen molar-refractivity contribution in [3.05, 3.63) is 12.2 Å². The van der Waals surface area contributed by atoms with E-state index < -0.39 is 47.9 Å². The summed E-state index contributed by atoms with van der Waals surface area (Å²) in [5, 5.41) is 18.5. The summed E-state index contributed by atoms with van der Waals surface area (Å²) in [6, 6.07) is 0. The molecule has 1 saturated carbocycles. The molecule has 2 bridgehead atoms. The molecule has 1 saturated heterocycles. The van der Waals surface area contributed by atoms with Crippen molar-refractivity contribution < 1.29 is 45.7 Å². The maximum Gasteiger partial charge on any atom is 0.449 e. The van der Waals surface area contributed by atoms with Crippen molar-refractivity contribution in [2.75, 3.05) is 0 Å². The molecule has 23 heavy (non-hydrogen) atoms. The third kappa shape index (κ3) is 2.07. The van der Waals surface area contributed by atoms with Crippen LogP contribution in [0.2, 0.25) is 0 Å². The molecule has 6 unspecified atom stereocenters. The molecule has 132 valence electrons. The first-order valence-electron chi connectivity index (χ1n) is 6.91. The van der Waals surface area contributed by atoms with Gasteiger partial charge in [-0.2, -0.15) is 22.0 Å². The third-order valence-electron chi connectivity index (χ3n) is 4.94. The predicted molar refractivity (Wildman–Crippen MR) is 60.6 cm³/mol. The zero-order valence-electron chi connectivity index (χ0n) is 11.4. The summed E-state index contributed by atoms with van der Waals surface area (Å²) in [4.78, 5) is 0. The van der Waals surface area contributed by atoms with E-state index in [1.807, 2.05) is 0 Å². The highest BCUT2D eigenvalue weighted by molar-refractivity contribution is 5.16. The van der Waals surface area contributed by atoms with E-state index in [0.29, 0.717) is 6.42 Å². The Bertz CT molecular complexity index is 532. The van der Waals surface area contributed by atoms with Crippen LogP contribution >= 0.6 is 0 Å². The molecule has 0 radical (unpaired) electrons. The van der Waals surface area contributed by atoms with Crippen LogP contribution in [0.3, 0.4) is 0 Å². The number of aliphatic hydroxyl groups is 2. The zero-order valence-corrected chi connectivity index (χ0v) is 11.4. The fraction of sp³-hybridized carbons (Fsp3) is 0.846. The van der Waals surface area contributed by atoms with Crippen LogP contribution in [0.1, 0.15) is 12.8 Å². The topological polar surface area (TPSA) is 49.7 Å². The fourth-order valence-corrected chi connectivity index (χ4v) is 3.72. The van der Waals surface area contributed by atoms with Gasteiger partial charge in [-0.15, -0.1) is 0 Å². The molecule has 0 spiro atoms. The highest BCUT2D eigenvalue weighted by Gasteiger charge is 2.83. The lowest BCUT2D eigenvalue weighted by atomic mass is 9.79. The molecule has 0 aromatic rings. The SMILES string of the molecule is OC1C(F)(F)C(C2CC3C=CC2C3)OC(O)(C(F)(F)F)C1(F)F. The molecular formula is C13H13F7O3. The minimum absolute atomic E-state index is 0.0215. The van der Waals surface area contributed by atoms with Crippen molar-refractivity contribution in [1.82, 2.24) is 0 Å². The minimum Gasteiger partial charge on any atom is -0.381 e. The van der Waals surface area contributed by atoms with Crippen molar-refractivity contribution in [2.24, 2.45) is 17.8 Å². The van der Waals surface area contributed by atoms with E-state index in [1.54, 1.807) is 6.08 Å². The zero-order chi connectivity index (χ0) is 17.4. The summed E-state index contributed by atoms with van der Waals surface area (Å²) < 4.78 is 98.0. The molecule has 2 fully saturated rings. The smallest absolute Gasteiger partial charge is 0.381 e. The Balaban J connectivity index is 2.02. The van der Waals surface area contributed by atoms with E-state index in [2.05, 4.69) is 4.74 Å². The van der Waals surface area contributed by atoms with Gasteiger partial charge in [0.2, 0.25) is 0 Å². The quantitative estimate of drug-likeness (QED) is 0.564. The van der Waals surface area contributed by atoms with Crippen molar-refractivity contribution >= 4 is 0 Å². The van der Waals surface area contributed by atoms with Crippen LogP contribution in [0.15, 0.2) is 12.2 Å². The second kappa shape index (κ2) is 4.60. The number of rotatable bonds is 1. The second-order valence-electron chi connectivity index (χ2n) is 6.32. The van der Waals surface area contributed by atoms with Gasteiger partial charge in [0.25, 0.3) is 0 Å². The van der Waals surface area contributed by atoms with Gasteiger partial charge >= 0.3 is 23.8 Å². The standard InChI is InChI=1S/C13H13F7O3/c14-10(15)8(7-4-5-1-2-6(7)3-5)23-12(22,13(18,19)20)11(16,17)9(10)21/h1-2,5-9,21-22H,3-4H2. The highest BCUT2D eigenvalue weighted by Crippen LogP contribution is 2.58. The van der Waals surface area contributed by atoms with Crippen LogP contribution < -0.4 is 0 Å². The molecular weight excluding hydrogens is 337 g/mol. The number of allylic oxidation sites excluding steroid dienone is 2. The van der Waals surface area contributed by atoms with Crippen LogP contribution in [-0.2, 0) is 4.74 Å². The average molecular weight is 350 g/mol. The summed E-state index contributed by atoms with van der Waals surface area (Å²) >= 11 is 0. The first kappa shape index (κ1) is 17.0. The fourth-order valence-electron chi connectivity index (χ4n) is 3.72. The Labute approximate surface area is 125 Å². The molecule has 3 nitrogen and oxygen atoms in total. The Morgan fingerprint density at radius 1 is 1.04 bits per heavy atom. The minimum atomic E-state index is -6.06. The van der Waals surface area contributed by atoms with Crippen LogP contribution in [-0.4, -0.2) is 46.2 Å². The molecule has 10 heteroatoms. The third-order valence-corrected chi connectivity index (χ3v) is 4.94. The molecule has 1 heterocycles. The Morgan fingerprint density at radius 2 is 1.65 bits per heavy atom. The van der Waals surface area contributed by atoms with E-state index in [-0.39, 0.29) is 12.3 Å². The van der Waals surface area contributed by atoms with E-state index in [9.17, 15) is 40.9 Å². The van der Waals surface area contributed by atoms with Crippen molar-refractivity contribution in [3.63, 3.8) is 0 Å². The van der Waals surface area contributed by atoms with Crippen molar-refractivity contribution in [3.8, 4) is 0 Å². The average Bonchev–Trinajstić information content (AvgIpc) is 3.02. The van der Waals surface area contributed by atoms with E-state index in [1.165, 1.54) is 6.08 Å². The number of alkyl halides is 7. The van der Waals surface area contributed by atoms with E-state index in [4.69, 9.17) is 0 Å². The van der Waals surface area contributed by atoms with Gasteiger partial charge in [0, 0.05) is 0 Å². The van der Waals surface area contributed by atoms with E-state index >= 15 is 0 Å². The van der Waals surface area contributed by atoms with Gasteiger partial charge in [-0.1, -0.05) is 12.2 Å². The van der Waals surface area contributed by atoms with Gasteiger partial charge in [-0.05, 0) is 30.6 Å². The summed E-state index contributed by atoms with van der Waals surface area (Å²) in [7, 11) is 0. The molecule has 1 aliphatic heterocycles. The van der Waals surface area contributed by atoms with Gasteiger partial charge in [-0.25, -0.2) is 8.78 Å². The lowest BCUT2D eigenvalue weighted by molar-refractivity contribution is -0.499. The summed E-state index contributed by atoms with van der Waals surface area (Å²) in [5.41, 5.74) is 0. The summed E-state index contributed by atoms with van der Waals surface area (Å²) in [6.45, 7) is 0. The number of aliphatic hydroxyl groups excluding tert-OH is 1. The van der Waals surface area contributed by atoms with Crippen LogP contribution in [0, 0.1) is 17.8 Å². The van der Waals surface area contributed by atoms with Crippen molar-refractivity contribution in [1.29, 1.82) is 0 Å². The normalized spacial score (nSPS) is 48.0. The number of hydrogen-bond donors (Lipinski definition) is 2. The Kier molecular flexibility index (Phi) is 3.40. The molecule has 6 atom stereocenters. The monoisotopic (exact) mass is 350 g/mol. The van der Waals surface area contributed by atoms with Gasteiger partial charge in [0.15, 0.2) is 6.10 Å². The second-order valence-corrected chi connectivity index (χ2v) is 6.32. The lowest BCUT2D eigenvalue weighted by Gasteiger charge is -2.51. The van der Waals surface area contributed by atoms with Gasteiger partial charge in [-0.3, -0.25) is 0 Å². The van der Waals surface area contributed by atoms with Crippen LogP contribution in [0.4, 0.5) is 30.7 Å². The Hall–Kier alpha value is -0.870. The molecule has 3 rings (SSSR count). The maximum absolute atomic E-state index is 14.1. The first-order chi connectivity index (χ1) is 10.3. The first-order valence-corrected chi connectivity index (χ1v) is 6.91. The lowest BCUT2D eigenvalue weighted by Crippen LogP contribution is -2.76. The van der Waals surface area contributed by atoms with E-state index in [0.717, 1.165) is 0 Å². The highest BCUT2D eigenvalue weighted by atomic mass is 19.4. The molecule has 3 aliphatic rings. The summed E-state index contributed by atoms with van der Waals surface area (Å²) in [5.74, 6) is -17.3. The van der Waals surface area contributed by atoms with Crippen molar-refractivity contribution in [2.45, 2.75) is 48.9 Å². The Morgan fingerprint density at radius 3 is 2.09 bits per heavy atom. The number of fused-ring (bicyclic) bond motifs is 2. The van der Waals surface area contributed by atoms with Crippen LogP contribution in [0.25, 0.3) is 0 Å². The largest absolute Gasteiger partial charge is 0.449 e. The molecule has 2 N–H and O–H groups in total. The maximum atomic E-state index is 14.1. The number of halogens is 7. The molecule has 0 aromatic heterocycles. The van der Waals surface area contributed by atoms with Gasteiger partial charge in [0.1, 0.15) is 6.10 Å². The number of ether oxygens (including phenoxy) is 1. The molecule has 2 aliphatic carbocycles. The predicted octanol–water partition coefficient (Wildman–Crippen LogP) is 2.48. The molecule has 0 aromatic carbocycles. The summed E-state index contributed by atoms with van der Waals surface area (Å²) in [6.07, 6.45) is -9.08. The number of hydrogen-bond acceptors (Lipinski definition) is 3. The van der Waals surface area contributed by atoms with Gasteiger partial charge < -0.3 is 14.9 Å².